The Bertz CT molecular complexity index is 893. The number of nitrogens with two attached hydrogens (primary N) is 1. The lowest BCUT2D eigenvalue weighted by molar-refractivity contribution is -0.717. The van der Waals surface area contributed by atoms with E-state index in [1.54, 1.807) is 16.7 Å². The zero-order chi connectivity index (χ0) is 18.0. The fourth-order valence-corrected chi connectivity index (χ4v) is 3.88. The van der Waals surface area contributed by atoms with Crippen LogP contribution in [-0.2, 0) is 6.54 Å². The van der Waals surface area contributed by atoms with E-state index < -0.39 is 0 Å². The molecule has 0 aliphatic carbocycles. The van der Waals surface area contributed by atoms with Crippen molar-refractivity contribution in [3.05, 3.63) is 69.1 Å². The van der Waals surface area contributed by atoms with Crippen molar-refractivity contribution in [3.63, 3.8) is 0 Å². The molecule has 0 aliphatic rings. The molecule has 0 aliphatic heterocycles. The molecule has 0 saturated carbocycles. The molecule has 2 N–H and O–H groups in total. The number of fused-ring (bicyclic) bond motifs is 1. The number of benzene rings is 1. The molecule has 0 radical (unpaired) electrons. The van der Waals surface area contributed by atoms with Crippen LogP contribution in [0, 0.1) is 5.92 Å². The standard InChI is InChI=1S/C20H25N3OS/c1-13(2)15-5-7-16(8-6-15)19(14(3)4)21-12-17-11-18(24)23-9-10-25-20(23)22-17/h5-11,13-14,19,21H,12H2,1-4H3/p+1/t19-/m0/s1. The minimum absolute atomic E-state index is 0.00275. The van der Waals surface area contributed by atoms with Crippen molar-refractivity contribution < 1.29 is 5.32 Å². The zero-order valence-electron chi connectivity index (χ0n) is 15.3. The Balaban J connectivity index is 1.78. The molecular formula is C20H26N3OS+. The maximum Gasteiger partial charge on any atom is 0.258 e. The average molecular weight is 357 g/mol. The van der Waals surface area contributed by atoms with Crippen LogP contribution in [0.1, 0.15) is 56.5 Å². The first-order valence-electron chi connectivity index (χ1n) is 8.84. The van der Waals surface area contributed by atoms with E-state index >= 15 is 0 Å². The van der Waals surface area contributed by atoms with Gasteiger partial charge in [-0.15, -0.1) is 11.3 Å². The number of quaternary nitrogens is 1. The molecule has 0 amide bonds. The van der Waals surface area contributed by atoms with Gasteiger partial charge >= 0.3 is 0 Å². The molecule has 1 aromatic carbocycles. The van der Waals surface area contributed by atoms with E-state index in [4.69, 9.17) is 0 Å². The summed E-state index contributed by atoms with van der Waals surface area (Å²) in [5.74, 6) is 1.04. The third kappa shape index (κ3) is 3.99. The zero-order valence-corrected chi connectivity index (χ0v) is 16.1. The van der Waals surface area contributed by atoms with Crippen LogP contribution in [0.2, 0.25) is 0 Å². The lowest BCUT2D eigenvalue weighted by Gasteiger charge is -2.20. The Labute approximate surface area is 152 Å². The van der Waals surface area contributed by atoms with Crippen molar-refractivity contribution in [2.45, 2.75) is 46.2 Å². The first kappa shape index (κ1) is 17.8. The molecule has 0 unspecified atom stereocenters. The molecule has 3 aromatic rings. The second kappa shape index (κ2) is 7.50. The molecule has 0 bridgehead atoms. The Kier molecular flexibility index (Phi) is 5.35. The van der Waals surface area contributed by atoms with Gasteiger partial charge in [0.15, 0.2) is 4.96 Å². The maximum absolute atomic E-state index is 12.1. The molecule has 4 nitrogen and oxygen atoms in total. The Morgan fingerprint density at radius 3 is 2.44 bits per heavy atom. The molecule has 0 fully saturated rings. The van der Waals surface area contributed by atoms with E-state index in [0.29, 0.717) is 24.4 Å². The van der Waals surface area contributed by atoms with Crippen LogP contribution in [0.4, 0.5) is 0 Å². The number of nitrogens with zero attached hydrogens (tertiary/aromatic N) is 2. The van der Waals surface area contributed by atoms with Gasteiger partial charge in [-0.25, -0.2) is 4.98 Å². The molecule has 1 atom stereocenters. The van der Waals surface area contributed by atoms with E-state index in [0.717, 1.165) is 10.7 Å². The minimum Gasteiger partial charge on any atom is -0.335 e. The van der Waals surface area contributed by atoms with E-state index in [1.165, 1.54) is 22.5 Å². The van der Waals surface area contributed by atoms with Crippen LogP contribution in [0.15, 0.2) is 46.7 Å². The van der Waals surface area contributed by atoms with E-state index in [2.05, 4.69) is 62.3 Å². The maximum atomic E-state index is 12.1. The quantitative estimate of drug-likeness (QED) is 0.736. The summed E-state index contributed by atoms with van der Waals surface area (Å²) < 4.78 is 1.60. The van der Waals surface area contributed by atoms with Gasteiger partial charge < -0.3 is 5.32 Å². The molecule has 3 rings (SSSR count). The number of aromatic nitrogens is 2. The highest BCUT2D eigenvalue weighted by Crippen LogP contribution is 2.21. The van der Waals surface area contributed by atoms with Crippen LogP contribution in [0.25, 0.3) is 4.96 Å². The summed E-state index contributed by atoms with van der Waals surface area (Å²) in [6.45, 7) is 9.61. The summed E-state index contributed by atoms with van der Waals surface area (Å²) in [5.41, 5.74) is 3.53. The third-order valence-electron chi connectivity index (χ3n) is 4.64. The van der Waals surface area contributed by atoms with Crippen LogP contribution in [-0.4, -0.2) is 9.38 Å². The monoisotopic (exact) mass is 356 g/mol. The number of rotatable bonds is 6. The molecule has 0 spiro atoms. The van der Waals surface area contributed by atoms with Crippen molar-refractivity contribution in [1.82, 2.24) is 9.38 Å². The van der Waals surface area contributed by atoms with Crippen LogP contribution in [0.5, 0.6) is 0 Å². The first-order valence-corrected chi connectivity index (χ1v) is 9.72. The predicted octanol–water partition coefficient (Wildman–Crippen LogP) is 3.34. The fraction of sp³-hybridized carbons (Fsp3) is 0.400. The van der Waals surface area contributed by atoms with E-state index in [-0.39, 0.29) is 5.56 Å². The van der Waals surface area contributed by atoms with Gasteiger partial charge in [-0.1, -0.05) is 52.0 Å². The average Bonchev–Trinajstić information content (AvgIpc) is 3.04. The molecule has 5 heteroatoms. The Hall–Kier alpha value is -1.98. The van der Waals surface area contributed by atoms with E-state index in [1.807, 2.05) is 5.38 Å². The highest BCUT2D eigenvalue weighted by molar-refractivity contribution is 7.15. The number of hydrogen-bond acceptors (Lipinski definition) is 3. The molecule has 25 heavy (non-hydrogen) atoms. The van der Waals surface area contributed by atoms with E-state index in [9.17, 15) is 4.79 Å². The minimum atomic E-state index is -0.00275. The van der Waals surface area contributed by atoms with Gasteiger partial charge in [0.1, 0.15) is 18.3 Å². The van der Waals surface area contributed by atoms with Crippen LogP contribution < -0.4 is 10.9 Å². The third-order valence-corrected chi connectivity index (χ3v) is 5.40. The van der Waals surface area contributed by atoms with Crippen LogP contribution >= 0.6 is 11.3 Å². The fourth-order valence-electron chi connectivity index (χ4n) is 3.14. The second-order valence-corrected chi connectivity index (χ2v) is 8.05. The lowest BCUT2D eigenvalue weighted by Crippen LogP contribution is -2.84. The normalized spacial score (nSPS) is 13.0. The van der Waals surface area contributed by atoms with Gasteiger partial charge in [-0.05, 0) is 11.5 Å². The Morgan fingerprint density at radius 1 is 1.12 bits per heavy atom. The van der Waals surface area contributed by atoms with Gasteiger partial charge in [0.05, 0.1) is 0 Å². The number of thiazole rings is 1. The van der Waals surface area contributed by atoms with Gasteiger partial charge in [-0.3, -0.25) is 9.20 Å². The van der Waals surface area contributed by atoms with Crippen molar-refractivity contribution >= 4 is 16.3 Å². The van der Waals surface area contributed by atoms with Gasteiger partial charge in [0, 0.05) is 29.1 Å². The van der Waals surface area contributed by atoms with Gasteiger partial charge in [-0.2, -0.15) is 0 Å². The molecular weight excluding hydrogens is 330 g/mol. The molecule has 132 valence electrons. The molecule has 0 saturated heterocycles. The summed E-state index contributed by atoms with van der Waals surface area (Å²) in [5, 5.41) is 4.19. The highest BCUT2D eigenvalue weighted by Gasteiger charge is 2.20. The summed E-state index contributed by atoms with van der Waals surface area (Å²) >= 11 is 1.49. The summed E-state index contributed by atoms with van der Waals surface area (Å²) in [7, 11) is 0. The predicted molar refractivity (Wildman–Crippen MR) is 103 cm³/mol. The van der Waals surface area contributed by atoms with Gasteiger partial charge in [0.25, 0.3) is 5.56 Å². The highest BCUT2D eigenvalue weighted by atomic mass is 32.1. The first-order chi connectivity index (χ1) is 12.0. The summed E-state index contributed by atoms with van der Waals surface area (Å²) in [4.78, 5) is 17.5. The smallest absolute Gasteiger partial charge is 0.258 e. The summed E-state index contributed by atoms with van der Waals surface area (Å²) in [6, 6.07) is 10.9. The lowest BCUT2D eigenvalue weighted by atomic mass is 9.93. The van der Waals surface area contributed by atoms with Gasteiger partial charge in [0.2, 0.25) is 0 Å². The molecule has 2 heterocycles. The van der Waals surface area contributed by atoms with Crippen molar-refractivity contribution in [2.24, 2.45) is 5.92 Å². The second-order valence-electron chi connectivity index (χ2n) is 7.17. The molecule has 2 aromatic heterocycles. The number of hydrogen-bond donors (Lipinski definition) is 1. The summed E-state index contributed by atoms with van der Waals surface area (Å²) in [6.07, 6.45) is 1.77. The largest absolute Gasteiger partial charge is 0.335 e. The van der Waals surface area contributed by atoms with Crippen molar-refractivity contribution in [2.75, 3.05) is 0 Å². The van der Waals surface area contributed by atoms with Crippen molar-refractivity contribution in [3.8, 4) is 0 Å². The Morgan fingerprint density at radius 2 is 1.80 bits per heavy atom. The SMILES string of the molecule is CC(C)c1ccc([C@@H]([NH2+]Cc2cc(=O)n3ccsc3n2)C(C)C)cc1. The topological polar surface area (TPSA) is 51.0 Å². The van der Waals surface area contributed by atoms with Crippen molar-refractivity contribution in [1.29, 1.82) is 0 Å². The van der Waals surface area contributed by atoms with Crippen LogP contribution in [0.3, 0.4) is 0 Å².